The third kappa shape index (κ3) is 6.36. The van der Waals surface area contributed by atoms with Crippen LogP contribution in [0.3, 0.4) is 0 Å². The van der Waals surface area contributed by atoms with Crippen molar-refractivity contribution in [3.8, 4) is 29.1 Å². The molecule has 2 aromatic heterocycles. The van der Waals surface area contributed by atoms with Crippen LogP contribution in [0.2, 0.25) is 0 Å². The average Bonchev–Trinajstić information content (AvgIpc) is 3.88. The van der Waals surface area contributed by atoms with Crippen molar-refractivity contribution < 1.29 is 18.7 Å². The molecule has 4 aromatic rings. The van der Waals surface area contributed by atoms with Crippen molar-refractivity contribution in [2.45, 2.75) is 115 Å². The van der Waals surface area contributed by atoms with Crippen molar-refractivity contribution in [3.05, 3.63) is 67.7 Å². The Bertz CT molecular complexity index is 2380. The Kier molecular flexibility index (Phi) is 9.66. The minimum absolute atomic E-state index is 0.0539. The summed E-state index contributed by atoms with van der Waals surface area (Å²) in [5, 5.41) is 20.7. The van der Waals surface area contributed by atoms with Crippen molar-refractivity contribution in [1.82, 2.24) is 19.4 Å². The molecule has 5 heterocycles. The molecule has 286 valence electrons. The van der Waals surface area contributed by atoms with Crippen LogP contribution in [-0.2, 0) is 17.6 Å². The van der Waals surface area contributed by atoms with Crippen molar-refractivity contribution in [3.63, 3.8) is 0 Å². The molecule has 12 heteroatoms. The van der Waals surface area contributed by atoms with Gasteiger partial charge in [-0.05, 0) is 130 Å². The third-order valence-corrected chi connectivity index (χ3v) is 12.8. The number of hydrogen-bond donors (Lipinski definition) is 0. The van der Waals surface area contributed by atoms with Crippen molar-refractivity contribution in [1.29, 1.82) is 10.5 Å². The number of aromatic nitrogens is 2. The summed E-state index contributed by atoms with van der Waals surface area (Å²) < 4.78 is 32.7. The molecule has 1 saturated carbocycles. The first kappa shape index (κ1) is 37.4. The molecule has 9 rings (SSSR count). The van der Waals surface area contributed by atoms with E-state index in [1.165, 1.54) is 0 Å². The highest BCUT2D eigenvalue weighted by atomic mass is 79.9. The Labute approximate surface area is 328 Å². The molecule has 2 aliphatic carbocycles. The third-order valence-electron chi connectivity index (χ3n) is 12.2. The number of aryl methyl sites for hydroxylation is 2. The molecule has 10 nitrogen and oxygen atoms in total. The van der Waals surface area contributed by atoms with Gasteiger partial charge in [-0.3, -0.25) is 9.69 Å². The number of halogens is 2. The lowest BCUT2D eigenvalue weighted by molar-refractivity contribution is 0.0210. The molecule has 2 bridgehead atoms. The molecule has 1 unspecified atom stereocenters. The van der Waals surface area contributed by atoms with E-state index in [4.69, 9.17) is 14.5 Å². The highest BCUT2D eigenvalue weighted by molar-refractivity contribution is 9.10. The number of amides is 1. The van der Waals surface area contributed by atoms with Crippen LogP contribution in [0.1, 0.15) is 94.9 Å². The molecule has 55 heavy (non-hydrogen) atoms. The number of nitriles is 2. The van der Waals surface area contributed by atoms with Gasteiger partial charge in [-0.2, -0.15) is 10.5 Å². The van der Waals surface area contributed by atoms with Gasteiger partial charge in [0.1, 0.15) is 22.6 Å². The Morgan fingerprint density at radius 3 is 2.71 bits per heavy atom. The minimum Gasteiger partial charge on any atom is -0.472 e. The number of likely N-dealkylation sites (N-methyl/N-ethyl adjacent to an activating group) is 1. The number of benzene rings is 2. The molecule has 5 aliphatic rings. The largest absolute Gasteiger partial charge is 0.472 e. The van der Waals surface area contributed by atoms with Crippen molar-refractivity contribution in [2.24, 2.45) is 5.92 Å². The molecule has 0 N–H and O–H groups in total. The summed E-state index contributed by atoms with van der Waals surface area (Å²) in [6.45, 7) is 8.93. The van der Waals surface area contributed by atoms with E-state index in [1.807, 2.05) is 56.5 Å². The Morgan fingerprint density at radius 2 is 2.00 bits per heavy atom. The van der Waals surface area contributed by atoms with Crippen LogP contribution in [0.15, 0.2) is 39.7 Å². The van der Waals surface area contributed by atoms with Crippen LogP contribution < -0.4 is 10.2 Å². The number of nitrogens with zero attached hydrogens (tertiary/aromatic N) is 6. The van der Waals surface area contributed by atoms with E-state index in [0.717, 1.165) is 49.8 Å². The van der Waals surface area contributed by atoms with Gasteiger partial charge in [0.2, 0.25) is 11.3 Å². The van der Waals surface area contributed by atoms with Crippen molar-refractivity contribution in [2.75, 3.05) is 20.1 Å². The first-order valence-corrected chi connectivity index (χ1v) is 20.2. The fourth-order valence-corrected chi connectivity index (χ4v) is 10.2. The number of rotatable bonds is 7. The van der Waals surface area contributed by atoms with E-state index in [1.54, 1.807) is 11.1 Å². The van der Waals surface area contributed by atoms with Gasteiger partial charge in [0.15, 0.2) is 5.82 Å². The Morgan fingerprint density at radius 1 is 1.20 bits per heavy atom. The van der Waals surface area contributed by atoms with Gasteiger partial charge in [-0.1, -0.05) is 18.2 Å². The Hall–Kier alpha value is -4.52. The number of ether oxygens (including phenoxy) is 2. The highest BCUT2D eigenvalue weighted by Crippen LogP contribution is 2.52. The lowest BCUT2D eigenvalue weighted by atomic mass is 9.78. The van der Waals surface area contributed by atoms with E-state index in [9.17, 15) is 20.1 Å². The number of hydrogen-bond acceptors (Lipinski definition) is 8. The summed E-state index contributed by atoms with van der Waals surface area (Å²) in [6, 6.07) is 12.0. The standard InChI is InChI=1S/C43H46BrFN6O4/c1-23(31-15-9-17-49(31)5)54-41-35-39(51(22-30(44)40(35)52)38-27-19-32(38)50(21-27)42(53)55-43(2,3)4)29-18-25(13-8-16-46)34(36(45)37(29)48-41)28-14-7-11-24-10-6-12-26(20-47)33(24)28/h7,11,14,18,22-23,26-27,31-32,38H,6,8-10,12-13,15,17,19,21H2,1-5H3/t23-,26?,27+,31-,32+,38-/m0/s1. The predicted octanol–water partition coefficient (Wildman–Crippen LogP) is 8.56. The molecule has 3 saturated heterocycles. The van der Waals surface area contributed by atoms with Gasteiger partial charge in [-0.15, -0.1) is 0 Å². The van der Waals surface area contributed by atoms with Gasteiger partial charge < -0.3 is 18.9 Å². The summed E-state index contributed by atoms with van der Waals surface area (Å²) in [7, 11) is 2.06. The zero-order valence-electron chi connectivity index (χ0n) is 32.0. The first-order valence-electron chi connectivity index (χ1n) is 19.5. The maximum Gasteiger partial charge on any atom is 0.410 e. The molecule has 4 fully saturated rings. The lowest BCUT2D eigenvalue weighted by Crippen LogP contribution is -2.44. The quantitative estimate of drug-likeness (QED) is 0.170. The monoisotopic (exact) mass is 808 g/mol. The predicted molar refractivity (Wildman–Crippen MR) is 211 cm³/mol. The van der Waals surface area contributed by atoms with Crippen LogP contribution in [-0.4, -0.2) is 69.4 Å². The van der Waals surface area contributed by atoms with Gasteiger partial charge in [-0.25, -0.2) is 14.2 Å². The second-order valence-electron chi connectivity index (χ2n) is 16.8. The molecule has 3 aliphatic heterocycles. The SMILES string of the molecule is C[C@H](Oc1nc2c(F)c(-c3cccc4c3C(C#N)CCC4)c(CCC#N)cc2c2c1c(=O)c(Br)cn2[C@H]1[C@@H]2C[C@H]1N(C(=O)OC(C)(C)C)C2)[C@@H]1CCCN1C. The fourth-order valence-electron chi connectivity index (χ4n) is 9.76. The second-order valence-corrected chi connectivity index (χ2v) is 17.6. The fraction of sp³-hybridized carbons (Fsp3) is 0.512. The smallest absolute Gasteiger partial charge is 0.410 e. The molecule has 1 amide bonds. The molecular weight excluding hydrogens is 763 g/mol. The van der Waals surface area contributed by atoms with E-state index >= 15 is 4.39 Å². The average molecular weight is 810 g/mol. The number of carbonyl (C=O) groups is 1. The molecular formula is C43H46BrFN6O4. The number of carbonyl (C=O) groups excluding carboxylic acids is 1. The number of fused-ring (bicyclic) bond motifs is 5. The van der Waals surface area contributed by atoms with Crippen LogP contribution in [0.5, 0.6) is 5.88 Å². The number of pyridine rings is 2. The summed E-state index contributed by atoms with van der Waals surface area (Å²) in [4.78, 5) is 36.7. The first-order chi connectivity index (χ1) is 26.3. The van der Waals surface area contributed by atoms with E-state index < -0.39 is 17.3 Å². The number of likely N-dealkylation sites (tertiary alicyclic amines) is 1. The highest BCUT2D eigenvalue weighted by Gasteiger charge is 2.56. The van der Waals surface area contributed by atoms with Crippen LogP contribution in [0, 0.1) is 34.4 Å². The molecule has 0 radical (unpaired) electrons. The van der Waals surface area contributed by atoms with Crippen molar-refractivity contribution >= 4 is 43.8 Å². The van der Waals surface area contributed by atoms with Crippen LogP contribution in [0.4, 0.5) is 9.18 Å². The van der Waals surface area contributed by atoms with Crippen LogP contribution in [0.25, 0.3) is 32.9 Å². The maximum absolute atomic E-state index is 17.9. The Balaban J connectivity index is 1.40. The molecule has 6 atom stereocenters. The lowest BCUT2D eigenvalue weighted by Gasteiger charge is -2.39. The van der Waals surface area contributed by atoms with Gasteiger partial charge >= 0.3 is 6.09 Å². The van der Waals surface area contributed by atoms with Crippen LogP contribution >= 0.6 is 15.9 Å². The zero-order valence-corrected chi connectivity index (χ0v) is 33.6. The van der Waals surface area contributed by atoms with Gasteiger partial charge in [0, 0.05) is 42.1 Å². The summed E-state index contributed by atoms with van der Waals surface area (Å²) in [5.74, 6) is -0.830. The van der Waals surface area contributed by atoms with Gasteiger partial charge in [0.05, 0.1) is 40.1 Å². The van der Waals surface area contributed by atoms with E-state index in [-0.39, 0.29) is 71.3 Å². The minimum atomic E-state index is -0.662. The van der Waals surface area contributed by atoms with E-state index in [2.05, 4.69) is 40.0 Å². The van der Waals surface area contributed by atoms with E-state index in [0.29, 0.717) is 45.0 Å². The summed E-state index contributed by atoms with van der Waals surface area (Å²) >= 11 is 3.56. The normalized spacial score (nSPS) is 23.9. The summed E-state index contributed by atoms with van der Waals surface area (Å²) in [5.41, 5.74) is 2.98. The summed E-state index contributed by atoms with van der Waals surface area (Å²) in [6.07, 6.45) is 6.49. The zero-order chi connectivity index (χ0) is 38.9. The maximum atomic E-state index is 17.9. The molecule has 2 aromatic carbocycles. The second kappa shape index (κ2) is 14.2. The molecule has 0 spiro atoms. The van der Waals surface area contributed by atoms with Gasteiger partial charge in [0.25, 0.3) is 0 Å². The topological polar surface area (TPSA) is 124 Å².